The Bertz CT molecular complexity index is 679. The standard InChI is InChI=1S/C21H23BrFNO/c22-19-8-6-17(7-9-19)14-20(23)15-24-12-10-21(11-13-24)25-16-18-4-2-1-3-5-18/h1-9,14,21H,10-13,15-16H2/b20-14-. The Labute approximate surface area is 157 Å². The van der Waals surface area contributed by atoms with Gasteiger partial charge in [-0.1, -0.05) is 58.4 Å². The summed E-state index contributed by atoms with van der Waals surface area (Å²) in [6.45, 7) is 2.78. The van der Waals surface area contributed by atoms with E-state index in [4.69, 9.17) is 4.74 Å². The molecule has 0 unspecified atom stereocenters. The van der Waals surface area contributed by atoms with E-state index in [-0.39, 0.29) is 11.9 Å². The van der Waals surface area contributed by atoms with Crippen LogP contribution in [0.15, 0.2) is 64.9 Å². The summed E-state index contributed by atoms with van der Waals surface area (Å²) in [4.78, 5) is 2.16. The predicted octanol–water partition coefficient (Wildman–Crippen LogP) is 5.44. The van der Waals surface area contributed by atoms with Gasteiger partial charge >= 0.3 is 0 Å². The maximum Gasteiger partial charge on any atom is 0.114 e. The van der Waals surface area contributed by atoms with Crippen molar-refractivity contribution in [1.29, 1.82) is 0 Å². The molecule has 25 heavy (non-hydrogen) atoms. The lowest BCUT2D eigenvalue weighted by atomic mass is 10.1. The van der Waals surface area contributed by atoms with E-state index in [0.29, 0.717) is 13.2 Å². The van der Waals surface area contributed by atoms with Crippen molar-refractivity contribution in [3.63, 3.8) is 0 Å². The average Bonchev–Trinajstić information content (AvgIpc) is 2.64. The summed E-state index contributed by atoms with van der Waals surface area (Å²) >= 11 is 3.39. The van der Waals surface area contributed by atoms with Gasteiger partial charge in [-0.05, 0) is 42.2 Å². The molecule has 3 rings (SSSR count). The Balaban J connectivity index is 1.42. The van der Waals surface area contributed by atoms with Gasteiger partial charge in [0.05, 0.1) is 19.3 Å². The van der Waals surface area contributed by atoms with Gasteiger partial charge < -0.3 is 4.74 Å². The highest BCUT2D eigenvalue weighted by Crippen LogP contribution is 2.19. The van der Waals surface area contributed by atoms with Gasteiger partial charge in [0, 0.05) is 17.6 Å². The molecule has 0 N–H and O–H groups in total. The van der Waals surface area contributed by atoms with Crippen molar-refractivity contribution in [2.45, 2.75) is 25.6 Å². The number of rotatable bonds is 6. The van der Waals surface area contributed by atoms with E-state index in [9.17, 15) is 4.39 Å². The molecule has 1 fully saturated rings. The molecule has 0 spiro atoms. The second-order valence-electron chi connectivity index (χ2n) is 6.41. The molecule has 2 aromatic carbocycles. The molecule has 2 aromatic rings. The van der Waals surface area contributed by atoms with Crippen LogP contribution in [0.1, 0.15) is 24.0 Å². The van der Waals surface area contributed by atoms with Crippen molar-refractivity contribution in [3.8, 4) is 0 Å². The third-order valence-electron chi connectivity index (χ3n) is 4.43. The summed E-state index contributed by atoms with van der Waals surface area (Å²) in [6, 6.07) is 17.9. The number of piperidine rings is 1. The zero-order chi connectivity index (χ0) is 17.5. The average molecular weight is 404 g/mol. The van der Waals surface area contributed by atoms with Crippen LogP contribution in [0.2, 0.25) is 0 Å². The number of halogens is 2. The van der Waals surface area contributed by atoms with Crippen molar-refractivity contribution in [1.82, 2.24) is 4.90 Å². The van der Waals surface area contributed by atoms with Gasteiger partial charge in [0.2, 0.25) is 0 Å². The van der Waals surface area contributed by atoms with E-state index in [2.05, 4.69) is 33.0 Å². The molecule has 4 heteroatoms. The molecule has 0 atom stereocenters. The second-order valence-corrected chi connectivity index (χ2v) is 7.33. The lowest BCUT2D eigenvalue weighted by molar-refractivity contribution is -0.00149. The van der Waals surface area contributed by atoms with Crippen LogP contribution in [0.25, 0.3) is 6.08 Å². The monoisotopic (exact) mass is 403 g/mol. The summed E-state index contributed by atoms with van der Waals surface area (Å²) < 4.78 is 21.2. The predicted molar refractivity (Wildman–Crippen MR) is 104 cm³/mol. The van der Waals surface area contributed by atoms with E-state index < -0.39 is 0 Å². The Kier molecular flexibility index (Phi) is 6.79. The first-order chi connectivity index (χ1) is 12.2. The van der Waals surface area contributed by atoms with Crippen molar-refractivity contribution < 1.29 is 9.13 Å². The van der Waals surface area contributed by atoms with Crippen molar-refractivity contribution >= 4 is 22.0 Å². The molecular weight excluding hydrogens is 381 g/mol. The molecule has 0 aromatic heterocycles. The fourth-order valence-corrected chi connectivity index (χ4v) is 3.29. The smallest absolute Gasteiger partial charge is 0.114 e. The van der Waals surface area contributed by atoms with Crippen LogP contribution in [-0.4, -0.2) is 30.6 Å². The Morgan fingerprint density at radius 2 is 1.76 bits per heavy atom. The van der Waals surface area contributed by atoms with Crippen LogP contribution < -0.4 is 0 Å². The summed E-state index contributed by atoms with van der Waals surface area (Å²) in [5.74, 6) is -0.0917. The summed E-state index contributed by atoms with van der Waals surface area (Å²) in [7, 11) is 0. The van der Waals surface area contributed by atoms with E-state index in [0.717, 1.165) is 36.0 Å². The van der Waals surface area contributed by atoms with E-state index in [1.165, 1.54) is 5.56 Å². The highest BCUT2D eigenvalue weighted by molar-refractivity contribution is 9.10. The van der Waals surface area contributed by atoms with Crippen LogP contribution in [0.3, 0.4) is 0 Å². The van der Waals surface area contributed by atoms with Gasteiger partial charge in [-0.25, -0.2) is 4.39 Å². The summed E-state index contributed by atoms with van der Waals surface area (Å²) in [6.07, 6.45) is 3.80. The maximum atomic E-state index is 14.2. The number of hydrogen-bond donors (Lipinski definition) is 0. The van der Waals surface area contributed by atoms with E-state index >= 15 is 0 Å². The molecule has 0 aliphatic carbocycles. The lowest BCUT2D eigenvalue weighted by Crippen LogP contribution is -2.37. The minimum atomic E-state index is -0.0917. The van der Waals surface area contributed by atoms with E-state index in [1.807, 2.05) is 42.5 Å². The quantitative estimate of drug-likeness (QED) is 0.636. The molecule has 132 valence electrons. The summed E-state index contributed by atoms with van der Waals surface area (Å²) in [5, 5.41) is 0. The van der Waals surface area contributed by atoms with Crippen molar-refractivity contribution in [2.24, 2.45) is 0 Å². The molecule has 1 heterocycles. The Morgan fingerprint density at radius 1 is 1.08 bits per heavy atom. The molecule has 0 bridgehead atoms. The third-order valence-corrected chi connectivity index (χ3v) is 4.96. The van der Waals surface area contributed by atoms with Crippen LogP contribution in [0, 0.1) is 0 Å². The first-order valence-electron chi connectivity index (χ1n) is 8.68. The van der Waals surface area contributed by atoms with Gasteiger partial charge in [0.25, 0.3) is 0 Å². The Morgan fingerprint density at radius 3 is 2.44 bits per heavy atom. The van der Waals surface area contributed by atoms with Crippen LogP contribution in [0.4, 0.5) is 4.39 Å². The fraction of sp³-hybridized carbons (Fsp3) is 0.333. The molecule has 0 amide bonds. The first kappa shape index (κ1) is 18.3. The minimum Gasteiger partial charge on any atom is -0.373 e. The molecule has 0 saturated carbocycles. The Hall–Kier alpha value is -1.49. The van der Waals surface area contributed by atoms with E-state index in [1.54, 1.807) is 6.08 Å². The summed E-state index contributed by atoms with van der Waals surface area (Å²) in [5.41, 5.74) is 2.09. The highest BCUT2D eigenvalue weighted by atomic mass is 79.9. The van der Waals surface area contributed by atoms with Crippen LogP contribution >= 0.6 is 15.9 Å². The van der Waals surface area contributed by atoms with Gasteiger partial charge in [-0.2, -0.15) is 0 Å². The van der Waals surface area contributed by atoms with Gasteiger partial charge in [-0.15, -0.1) is 0 Å². The molecule has 1 aliphatic rings. The number of hydrogen-bond acceptors (Lipinski definition) is 2. The van der Waals surface area contributed by atoms with Crippen LogP contribution in [0.5, 0.6) is 0 Å². The SMILES string of the molecule is F/C(=C\c1ccc(Br)cc1)CN1CCC(OCc2ccccc2)CC1. The topological polar surface area (TPSA) is 12.5 Å². The van der Waals surface area contributed by atoms with Crippen molar-refractivity contribution in [3.05, 3.63) is 76.0 Å². The maximum absolute atomic E-state index is 14.2. The number of likely N-dealkylation sites (tertiary alicyclic amines) is 1. The zero-order valence-electron chi connectivity index (χ0n) is 14.2. The first-order valence-corrected chi connectivity index (χ1v) is 9.48. The third kappa shape index (κ3) is 6.07. The van der Waals surface area contributed by atoms with Crippen LogP contribution in [-0.2, 0) is 11.3 Å². The number of nitrogens with zero attached hydrogens (tertiary/aromatic N) is 1. The molecule has 1 aliphatic heterocycles. The number of ether oxygens (including phenoxy) is 1. The largest absolute Gasteiger partial charge is 0.373 e. The molecule has 1 saturated heterocycles. The molecule has 0 radical (unpaired) electrons. The van der Waals surface area contributed by atoms with Gasteiger partial charge in [0.1, 0.15) is 5.83 Å². The lowest BCUT2D eigenvalue weighted by Gasteiger charge is -2.31. The van der Waals surface area contributed by atoms with Crippen molar-refractivity contribution in [2.75, 3.05) is 19.6 Å². The minimum absolute atomic E-state index is 0.0917. The zero-order valence-corrected chi connectivity index (χ0v) is 15.8. The second kappa shape index (κ2) is 9.27. The highest BCUT2D eigenvalue weighted by Gasteiger charge is 2.20. The normalized spacial score (nSPS) is 17.0. The molecular formula is C21H23BrFNO. The van der Waals surface area contributed by atoms with Gasteiger partial charge in [-0.3, -0.25) is 4.90 Å². The molecule has 2 nitrogen and oxygen atoms in total. The van der Waals surface area contributed by atoms with Gasteiger partial charge in [0.15, 0.2) is 0 Å². The fourth-order valence-electron chi connectivity index (χ4n) is 3.02. The number of benzene rings is 2.